The summed E-state index contributed by atoms with van der Waals surface area (Å²) in [4.78, 5) is 28.2. The molecule has 2 heterocycles. The summed E-state index contributed by atoms with van der Waals surface area (Å²) < 4.78 is 5.23. The second-order valence-corrected chi connectivity index (χ2v) is 3.67. The Kier molecular flexibility index (Phi) is 3.71. The van der Waals surface area contributed by atoms with Crippen molar-refractivity contribution in [1.29, 1.82) is 5.26 Å². The molecule has 0 amide bonds. The smallest absolute Gasteiger partial charge is 0.358 e. The van der Waals surface area contributed by atoms with Gasteiger partial charge < -0.3 is 9.84 Å². The first-order valence-electron chi connectivity index (χ1n) is 5.43. The number of hydrogen-bond donors (Lipinski definition) is 1. The highest BCUT2D eigenvalue weighted by Gasteiger charge is 2.17. The van der Waals surface area contributed by atoms with E-state index in [0.29, 0.717) is 0 Å². The summed E-state index contributed by atoms with van der Waals surface area (Å²) in [7, 11) is 0. The molecule has 0 bridgehead atoms. The van der Waals surface area contributed by atoms with Gasteiger partial charge >= 0.3 is 5.97 Å². The van der Waals surface area contributed by atoms with Crippen LogP contribution in [0.5, 0.6) is 11.6 Å². The quantitative estimate of drug-likeness (QED) is 0.662. The molecule has 2 rings (SSSR count). The Balaban J connectivity index is 2.43. The first kappa shape index (κ1) is 13.9. The van der Waals surface area contributed by atoms with Crippen LogP contribution in [0.3, 0.4) is 0 Å². The number of ether oxygens (including phenoxy) is 1. The second-order valence-electron chi connectivity index (χ2n) is 3.67. The SMILES string of the molecule is N#Cc1cc([N+](=O)[O-])cnc1Oc1cccnc1C(=O)O. The molecule has 1 N–H and O–H groups in total. The minimum absolute atomic E-state index is 0.122. The van der Waals surface area contributed by atoms with Crippen LogP contribution in [0.2, 0.25) is 0 Å². The van der Waals surface area contributed by atoms with Gasteiger partial charge in [0.15, 0.2) is 11.4 Å². The fourth-order valence-electron chi connectivity index (χ4n) is 1.44. The predicted octanol–water partition coefficient (Wildman–Crippen LogP) is 1.75. The Morgan fingerprint density at radius 3 is 2.86 bits per heavy atom. The third kappa shape index (κ3) is 2.90. The van der Waals surface area contributed by atoms with Gasteiger partial charge in [-0.1, -0.05) is 0 Å². The number of hydrogen-bond acceptors (Lipinski definition) is 7. The molecule has 0 atom stereocenters. The minimum Gasteiger partial charge on any atom is -0.476 e. The van der Waals surface area contributed by atoms with Gasteiger partial charge in [0.05, 0.1) is 4.92 Å². The number of nitrogens with zero attached hydrogens (tertiary/aromatic N) is 4. The number of pyridine rings is 2. The molecule has 9 heteroatoms. The maximum atomic E-state index is 11.0. The lowest BCUT2D eigenvalue weighted by atomic mass is 10.2. The molecule has 2 aromatic rings. The summed E-state index contributed by atoms with van der Waals surface area (Å²) in [6.45, 7) is 0. The van der Waals surface area contributed by atoms with Crippen molar-refractivity contribution in [3.8, 4) is 17.7 Å². The summed E-state index contributed by atoms with van der Waals surface area (Å²) in [6.07, 6.45) is 2.18. The zero-order valence-electron chi connectivity index (χ0n) is 10.3. The van der Waals surface area contributed by atoms with E-state index in [1.54, 1.807) is 6.07 Å². The summed E-state index contributed by atoms with van der Waals surface area (Å²) in [5, 5.41) is 28.5. The molecule has 0 saturated carbocycles. The van der Waals surface area contributed by atoms with E-state index < -0.39 is 10.9 Å². The van der Waals surface area contributed by atoms with Gasteiger partial charge in [-0.05, 0) is 12.1 Å². The van der Waals surface area contributed by atoms with Crippen molar-refractivity contribution in [2.45, 2.75) is 0 Å². The van der Waals surface area contributed by atoms with Gasteiger partial charge in [-0.15, -0.1) is 0 Å². The fraction of sp³-hybridized carbons (Fsp3) is 0. The van der Waals surface area contributed by atoms with Crippen molar-refractivity contribution in [2.24, 2.45) is 0 Å². The van der Waals surface area contributed by atoms with Gasteiger partial charge in [0.2, 0.25) is 5.88 Å². The Morgan fingerprint density at radius 1 is 1.48 bits per heavy atom. The lowest BCUT2D eigenvalue weighted by molar-refractivity contribution is -0.385. The molecule has 0 fully saturated rings. The molecular weight excluding hydrogens is 280 g/mol. The summed E-state index contributed by atoms with van der Waals surface area (Å²) in [5.74, 6) is -1.67. The van der Waals surface area contributed by atoms with Crippen molar-refractivity contribution >= 4 is 11.7 Å². The van der Waals surface area contributed by atoms with Gasteiger partial charge in [-0.2, -0.15) is 5.26 Å². The molecule has 21 heavy (non-hydrogen) atoms. The molecule has 9 nitrogen and oxygen atoms in total. The van der Waals surface area contributed by atoms with Gasteiger partial charge in [0, 0.05) is 12.3 Å². The third-order valence-electron chi connectivity index (χ3n) is 2.35. The largest absolute Gasteiger partial charge is 0.476 e. The van der Waals surface area contributed by atoms with E-state index in [1.165, 1.54) is 18.3 Å². The highest BCUT2D eigenvalue weighted by Crippen LogP contribution is 2.27. The zero-order valence-corrected chi connectivity index (χ0v) is 10.3. The van der Waals surface area contributed by atoms with Crippen LogP contribution in [-0.2, 0) is 0 Å². The number of rotatable bonds is 4. The van der Waals surface area contributed by atoms with E-state index in [2.05, 4.69) is 9.97 Å². The lowest BCUT2D eigenvalue weighted by Gasteiger charge is -2.07. The molecule has 0 aromatic carbocycles. The maximum absolute atomic E-state index is 11.0. The van der Waals surface area contributed by atoms with E-state index in [1.807, 2.05) is 0 Å². The van der Waals surface area contributed by atoms with Crippen LogP contribution in [0, 0.1) is 21.4 Å². The molecule has 0 unspecified atom stereocenters. The Bertz CT molecular complexity index is 768. The van der Waals surface area contributed by atoms with Crippen LogP contribution >= 0.6 is 0 Å². The molecule has 2 aromatic heterocycles. The predicted molar refractivity (Wildman–Crippen MR) is 66.9 cm³/mol. The van der Waals surface area contributed by atoms with E-state index in [9.17, 15) is 14.9 Å². The first-order valence-corrected chi connectivity index (χ1v) is 5.43. The van der Waals surface area contributed by atoms with E-state index in [4.69, 9.17) is 15.1 Å². The average Bonchev–Trinajstić information content (AvgIpc) is 2.47. The molecule has 0 spiro atoms. The first-order chi connectivity index (χ1) is 10.0. The molecule has 0 saturated heterocycles. The molecule has 104 valence electrons. The van der Waals surface area contributed by atoms with Gasteiger partial charge in [0.1, 0.15) is 17.8 Å². The Morgan fingerprint density at radius 2 is 2.24 bits per heavy atom. The topological polar surface area (TPSA) is 139 Å². The van der Waals surface area contributed by atoms with Gasteiger partial charge in [-0.25, -0.2) is 14.8 Å². The van der Waals surface area contributed by atoms with E-state index >= 15 is 0 Å². The van der Waals surface area contributed by atoms with Crippen LogP contribution in [0.4, 0.5) is 5.69 Å². The second kappa shape index (κ2) is 5.62. The van der Waals surface area contributed by atoms with Crippen molar-refractivity contribution in [3.05, 3.63) is 52.0 Å². The maximum Gasteiger partial charge on any atom is 0.358 e. The van der Waals surface area contributed by atoms with Crippen molar-refractivity contribution in [1.82, 2.24) is 9.97 Å². The van der Waals surface area contributed by atoms with Crippen LogP contribution in [-0.4, -0.2) is 26.0 Å². The van der Waals surface area contributed by atoms with Crippen LogP contribution in [0.25, 0.3) is 0 Å². The molecule has 0 aliphatic carbocycles. The number of aromatic carboxylic acids is 1. The number of carboxylic acid groups (broad SMARTS) is 1. The number of nitro groups is 1. The standard InChI is InChI=1S/C12H6N4O5/c13-5-7-4-8(16(19)20)6-15-11(7)21-9-2-1-3-14-10(9)12(17)18/h1-4,6H,(H,17,18). The molecule has 0 radical (unpaired) electrons. The summed E-state index contributed by atoms with van der Waals surface area (Å²) >= 11 is 0. The summed E-state index contributed by atoms with van der Waals surface area (Å²) in [6, 6.07) is 5.46. The Labute approximate surface area is 117 Å². The van der Waals surface area contributed by atoms with Crippen molar-refractivity contribution < 1.29 is 19.6 Å². The average molecular weight is 286 g/mol. The van der Waals surface area contributed by atoms with E-state index in [-0.39, 0.29) is 28.6 Å². The minimum atomic E-state index is -1.31. The Hall–Kier alpha value is -3.54. The van der Waals surface area contributed by atoms with E-state index in [0.717, 1.165) is 12.3 Å². The van der Waals surface area contributed by atoms with Gasteiger partial charge in [0.25, 0.3) is 5.69 Å². The molecule has 0 aliphatic rings. The number of carboxylic acids is 1. The van der Waals surface area contributed by atoms with Crippen LogP contribution in [0.15, 0.2) is 30.6 Å². The van der Waals surface area contributed by atoms with Gasteiger partial charge in [-0.3, -0.25) is 10.1 Å². The normalized spacial score (nSPS) is 9.67. The summed E-state index contributed by atoms with van der Waals surface area (Å²) in [5.41, 5.74) is -0.922. The zero-order chi connectivity index (χ0) is 15.4. The number of aromatic nitrogens is 2. The van der Waals surface area contributed by atoms with Crippen molar-refractivity contribution in [2.75, 3.05) is 0 Å². The van der Waals surface area contributed by atoms with Crippen LogP contribution < -0.4 is 4.74 Å². The third-order valence-corrected chi connectivity index (χ3v) is 2.35. The number of nitriles is 1. The lowest BCUT2D eigenvalue weighted by Crippen LogP contribution is -2.04. The number of carbonyl (C=O) groups is 1. The monoisotopic (exact) mass is 286 g/mol. The highest BCUT2D eigenvalue weighted by molar-refractivity contribution is 5.88. The highest BCUT2D eigenvalue weighted by atomic mass is 16.6. The van der Waals surface area contributed by atoms with Crippen molar-refractivity contribution in [3.63, 3.8) is 0 Å². The molecule has 0 aliphatic heterocycles. The molecular formula is C12H6N4O5. The fourth-order valence-corrected chi connectivity index (χ4v) is 1.44. The van der Waals surface area contributed by atoms with Crippen LogP contribution in [0.1, 0.15) is 16.1 Å².